The number of halogens is 1. The summed E-state index contributed by atoms with van der Waals surface area (Å²) in [6, 6.07) is 15.6. The Balaban J connectivity index is 1.66. The van der Waals surface area contributed by atoms with Crippen LogP contribution in [0.15, 0.2) is 59.5 Å². The summed E-state index contributed by atoms with van der Waals surface area (Å²) in [7, 11) is -3.79. The fourth-order valence-electron chi connectivity index (χ4n) is 3.83. The highest BCUT2D eigenvalue weighted by Gasteiger charge is 2.19. The molecule has 1 saturated carbocycles. The number of carbonyl (C=O) groups is 1. The minimum Gasteiger partial charge on any atom is -0.353 e. The predicted octanol–water partition coefficient (Wildman–Crippen LogP) is 3.44. The first kappa shape index (κ1) is 21.5. The van der Waals surface area contributed by atoms with E-state index in [0.717, 1.165) is 36.9 Å². The van der Waals surface area contributed by atoms with Crippen molar-refractivity contribution in [2.45, 2.75) is 43.0 Å². The molecular formula is C22H23ClN4O3S. The normalized spacial score (nSPS) is 14.6. The van der Waals surface area contributed by atoms with Gasteiger partial charge in [-0.25, -0.2) is 18.2 Å². The van der Waals surface area contributed by atoms with E-state index in [2.05, 4.69) is 10.4 Å². The first-order chi connectivity index (χ1) is 14.8. The summed E-state index contributed by atoms with van der Waals surface area (Å²) in [6.07, 6.45) is 4.50. The summed E-state index contributed by atoms with van der Waals surface area (Å²) in [5.74, 6) is -0.0521. The van der Waals surface area contributed by atoms with Crippen molar-refractivity contribution in [3.63, 3.8) is 0 Å². The van der Waals surface area contributed by atoms with Crippen molar-refractivity contribution in [3.8, 4) is 16.9 Å². The van der Waals surface area contributed by atoms with E-state index >= 15 is 0 Å². The molecule has 1 heterocycles. The Morgan fingerprint density at radius 1 is 1.10 bits per heavy atom. The van der Waals surface area contributed by atoms with Gasteiger partial charge in [0.15, 0.2) is 0 Å². The van der Waals surface area contributed by atoms with Crippen LogP contribution in [-0.4, -0.2) is 30.1 Å². The maximum absolute atomic E-state index is 12.5. The van der Waals surface area contributed by atoms with E-state index in [0.29, 0.717) is 16.4 Å². The topological polar surface area (TPSA) is 107 Å². The monoisotopic (exact) mass is 458 g/mol. The molecule has 2 aromatic carbocycles. The van der Waals surface area contributed by atoms with Gasteiger partial charge in [-0.15, -0.1) is 0 Å². The SMILES string of the molecule is NS(=O)(=O)c1ccc(-n2nc(CC(=O)NC3CCCC3)cc2-c2ccc(Cl)cc2)cc1. The van der Waals surface area contributed by atoms with Crippen molar-refractivity contribution in [2.75, 3.05) is 0 Å². The van der Waals surface area contributed by atoms with Gasteiger partial charge in [0.2, 0.25) is 15.9 Å². The number of aromatic nitrogens is 2. The summed E-state index contributed by atoms with van der Waals surface area (Å²) in [6.45, 7) is 0. The van der Waals surface area contributed by atoms with Gasteiger partial charge in [0, 0.05) is 16.6 Å². The predicted molar refractivity (Wildman–Crippen MR) is 119 cm³/mol. The number of nitrogens with one attached hydrogen (secondary N) is 1. The Morgan fingerprint density at radius 3 is 2.35 bits per heavy atom. The molecule has 3 N–H and O–H groups in total. The molecule has 0 radical (unpaired) electrons. The number of nitrogens with two attached hydrogens (primary N) is 1. The number of nitrogens with zero attached hydrogens (tertiary/aromatic N) is 2. The minimum absolute atomic E-state index is 0.0209. The Kier molecular flexibility index (Phi) is 6.13. The Bertz CT molecular complexity index is 1180. The van der Waals surface area contributed by atoms with E-state index in [1.54, 1.807) is 28.9 Å². The highest BCUT2D eigenvalue weighted by molar-refractivity contribution is 7.89. The quantitative estimate of drug-likeness (QED) is 0.589. The summed E-state index contributed by atoms with van der Waals surface area (Å²) in [4.78, 5) is 12.5. The van der Waals surface area contributed by atoms with Crippen molar-refractivity contribution in [1.82, 2.24) is 15.1 Å². The van der Waals surface area contributed by atoms with Crippen LogP contribution in [0.5, 0.6) is 0 Å². The minimum atomic E-state index is -3.79. The molecule has 4 rings (SSSR count). The van der Waals surface area contributed by atoms with Crippen LogP contribution < -0.4 is 10.5 Å². The second kappa shape index (κ2) is 8.82. The van der Waals surface area contributed by atoms with E-state index < -0.39 is 10.0 Å². The van der Waals surface area contributed by atoms with Crippen LogP contribution in [0.4, 0.5) is 0 Å². The summed E-state index contributed by atoms with van der Waals surface area (Å²) in [5, 5.41) is 13.5. The third-order valence-electron chi connectivity index (χ3n) is 5.37. The van der Waals surface area contributed by atoms with E-state index in [1.165, 1.54) is 12.1 Å². The number of benzene rings is 2. The van der Waals surface area contributed by atoms with E-state index in [4.69, 9.17) is 16.7 Å². The highest BCUT2D eigenvalue weighted by atomic mass is 35.5. The van der Waals surface area contributed by atoms with Crippen LogP contribution in [0, 0.1) is 0 Å². The van der Waals surface area contributed by atoms with Crippen LogP contribution in [0.2, 0.25) is 5.02 Å². The standard InChI is InChI=1S/C22H23ClN4O3S/c23-16-7-5-15(6-8-16)21-13-18(14-22(28)25-17-3-1-2-4-17)26-27(21)19-9-11-20(12-10-19)31(24,29)30/h5-13,17H,1-4,14H2,(H,25,28)(H2,24,29,30). The average molecular weight is 459 g/mol. The molecule has 1 aliphatic rings. The third-order valence-corrected chi connectivity index (χ3v) is 6.55. The zero-order valence-corrected chi connectivity index (χ0v) is 18.4. The van der Waals surface area contributed by atoms with Crippen LogP contribution >= 0.6 is 11.6 Å². The summed E-state index contributed by atoms with van der Waals surface area (Å²) >= 11 is 6.03. The van der Waals surface area contributed by atoms with Crippen molar-refractivity contribution in [3.05, 3.63) is 65.3 Å². The molecule has 162 valence electrons. The molecule has 0 bridgehead atoms. The number of hydrogen-bond acceptors (Lipinski definition) is 4. The van der Waals surface area contributed by atoms with Gasteiger partial charge < -0.3 is 5.32 Å². The van der Waals surface area contributed by atoms with Gasteiger partial charge in [-0.3, -0.25) is 4.79 Å². The van der Waals surface area contributed by atoms with Gasteiger partial charge in [-0.1, -0.05) is 36.6 Å². The molecule has 0 saturated heterocycles. The van der Waals surface area contributed by atoms with E-state index in [9.17, 15) is 13.2 Å². The average Bonchev–Trinajstić information content (AvgIpc) is 3.38. The smallest absolute Gasteiger partial charge is 0.238 e. The second-order valence-corrected chi connectivity index (χ2v) is 9.70. The van der Waals surface area contributed by atoms with Crippen molar-refractivity contribution < 1.29 is 13.2 Å². The molecule has 1 amide bonds. The maximum atomic E-state index is 12.5. The number of carbonyl (C=O) groups excluding carboxylic acids is 1. The van der Waals surface area contributed by atoms with Gasteiger partial charge in [-0.2, -0.15) is 5.10 Å². The number of sulfonamides is 1. The molecule has 1 aromatic heterocycles. The third kappa shape index (κ3) is 5.15. The van der Waals surface area contributed by atoms with Gasteiger partial charge in [0.05, 0.1) is 28.4 Å². The zero-order valence-electron chi connectivity index (χ0n) is 16.8. The van der Waals surface area contributed by atoms with E-state index in [-0.39, 0.29) is 23.3 Å². The van der Waals surface area contributed by atoms with Gasteiger partial charge in [-0.05, 0) is 55.3 Å². The summed E-state index contributed by atoms with van der Waals surface area (Å²) < 4.78 is 24.8. The summed E-state index contributed by atoms with van der Waals surface area (Å²) in [5.41, 5.74) is 2.91. The molecule has 0 unspecified atom stereocenters. The van der Waals surface area contributed by atoms with Gasteiger partial charge in [0.1, 0.15) is 0 Å². The molecule has 7 nitrogen and oxygen atoms in total. The highest BCUT2D eigenvalue weighted by Crippen LogP contribution is 2.26. The molecule has 9 heteroatoms. The molecule has 31 heavy (non-hydrogen) atoms. The zero-order chi connectivity index (χ0) is 22.0. The maximum Gasteiger partial charge on any atom is 0.238 e. The molecule has 1 fully saturated rings. The van der Waals surface area contributed by atoms with Gasteiger partial charge in [0.25, 0.3) is 0 Å². The lowest BCUT2D eigenvalue weighted by Gasteiger charge is -2.10. The molecule has 0 atom stereocenters. The lowest BCUT2D eigenvalue weighted by molar-refractivity contribution is -0.121. The Morgan fingerprint density at radius 2 is 1.74 bits per heavy atom. The molecule has 0 spiro atoms. The largest absolute Gasteiger partial charge is 0.353 e. The van der Waals surface area contributed by atoms with Crippen molar-refractivity contribution in [2.24, 2.45) is 5.14 Å². The van der Waals surface area contributed by atoms with E-state index in [1.807, 2.05) is 18.2 Å². The lowest BCUT2D eigenvalue weighted by atomic mass is 10.1. The molecule has 3 aromatic rings. The molecule has 1 aliphatic carbocycles. The first-order valence-corrected chi connectivity index (χ1v) is 12.0. The fourth-order valence-corrected chi connectivity index (χ4v) is 4.47. The van der Waals surface area contributed by atoms with Crippen LogP contribution in [0.3, 0.4) is 0 Å². The number of amides is 1. The Labute approximate surface area is 186 Å². The van der Waals surface area contributed by atoms with Crippen molar-refractivity contribution >= 4 is 27.5 Å². The van der Waals surface area contributed by atoms with Crippen molar-refractivity contribution in [1.29, 1.82) is 0 Å². The second-order valence-electron chi connectivity index (χ2n) is 7.70. The van der Waals surface area contributed by atoms with Crippen LogP contribution in [0.25, 0.3) is 16.9 Å². The first-order valence-electron chi connectivity index (χ1n) is 10.1. The number of rotatable bonds is 6. The number of hydrogen-bond donors (Lipinski definition) is 2. The molecule has 0 aliphatic heterocycles. The molecular weight excluding hydrogens is 436 g/mol. The van der Waals surface area contributed by atoms with Gasteiger partial charge >= 0.3 is 0 Å². The number of primary sulfonamides is 1. The van der Waals surface area contributed by atoms with Crippen LogP contribution in [-0.2, 0) is 21.2 Å². The fraction of sp³-hybridized carbons (Fsp3) is 0.273. The van der Waals surface area contributed by atoms with Crippen LogP contribution in [0.1, 0.15) is 31.4 Å². The lowest BCUT2D eigenvalue weighted by Crippen LogP contribution is -2.33. The Hall–Kier alpha value is -2.68.